The summed E-state index contributed by atoms with van der Waals surface area (Å²) in [7, 11) is 0. The summed E-state index contributed by atoms with van der Waals surface area (Å²) in [6.07, 6.45) is 0. The number of hydrogen-bond acceptors (Lipinski definition) is 0. The van der Waals surface area contributed by atoms with E-state index >= 15 is 0 Å². The van der Waals surface area contributed by atoms with Crippen LogP contribution in [0.5, 0.6) is 0 Å². The van der Waals surface area contributed by atoms with Crippen LogP contribution < -0.4 is 10.4 Å². The highest BCUT2D eigenvalue weighted by molar-refractivity contribution is 9.10. The summed E-state index contributed by atoms with van der Waals surface area (Å²) >= 11 is 3.88. The van der Waals surface area contributed by atoms with Crippen LogP contribution in [-0.4, -0.2) is 0 Å². The lowest BCUT2D eigenvalue weighted by Gasteiger charge is -2.10. The van der Waals surface area contributed by atoms with Crippen molar-refractivity contribution in [3.63, 3.8) is 0 Å². The second-order valence-corrected chi connectivity index (χ2v) is 9.93. The Morgan fingerprint density at radius 3 is 1.27 bits per heavy atom. The van der Waals surface area contributed by atoms with Gasteiger partial charge in [-0.3, -0.25) is 0 Å². The predicted octanol–water partition coefficient (Wildman–Crippen LogP) is 8.05. The zero-order valence-electron chi connectivity index (χ0n) is 20.3. The van der Waals surface area contributed by atoms with Crippen molar-refractivity contribution in [3.05, 3.63) is 189 Å². The maximum Gasteiger partial charge on any atom is 0.0260 e. The van der Waals surface area contributed by atoms with E-state index in [2.05, 4.69) is 168 Å². The van der Waals surface area contributed by atoms with Gasteiger partial charge in [-0.15, -0.1) is 0 Å². The molecule has 0 spiro atoms. The second kappa shape index (κ2) is 10.4. The van der Waals surface area contributed by atoms with Crippen LogP contribution in [0, 0.1) is 0 Å². The molecule has 2 aliphatic rings. The van der Waals surface area contributed by atoms with Crippen molar-refractivity contribution in [3.8, 4) is 11.1 Å². The Morgan fingerprint density at radius 1 is 0.378 bits per heavy atom. The Balaban J connectivity index is 1.77. The first-order valence-electron chi connectivity index (χ1n) is 12.5. The molecule has 4 aromatic carbocycles. The van der Waals surface area contributed by atoms with Crippen LogP contribution in [0.1, 0.15) is 22.3 Å². The SMILES string of the molecule is Brc1cc(=C(c2ccccc2)c2ccccc2)c2cc(=C(c3ccccc3)c3ccccc3)cccc1-2. The zero-order chi connectivity index (χ0) is 25.0. The fourth-order valence-electron chi connectivity index (χ4n) is 5.09. The van der Waals surface area contributed by atoms with E-state index in [-0.39, 0.29) is 0 Å². The molecule has 4 aromatic rings. The first-order valence-corrected chi connectivity index (χ1v) is 13.3. The molecule has 6 rings (SSSR count). The highest BCUT2D eigenvalue weighted by atomic mass is 79.9. The summed E-state index contributed by atoms with van der Waals surface area (Å²) in [5, 5.41) is 2.41. The van der Waals surface area contributed by atoms with E-state index in [0.717, 1.165) is 4.47 Å². The normalized spacial score (nSPS) is 10.8. The van der Waals surface area contributed by atoms with E-state index in [9.17, 15) is 0 Å². The van der Waals surface area contributed by atoms with Crippen molar-refractivity contribution in [2.24, 2.45) is 0 Å². The molecule has 0 amide bonds. The summed E-state index contributed by atoms with van der Waals surface area (Å²) in [5.41, 5.74) is 9.70. The first-order chi connectivity index (χ1) is 18.3. The van der Waals surface area contributed by atoms with Gasteiger partial charge in [-0.1, -0.05) is 155 Å². The standard InChI is InChI=1S/C36H25Br/c37-34-25-33(36(28-18-9-3-10-19-28)29-20-11-4-12-21-29)32-24-30(22-13-23-31(32)34)35(26-14-5-1-6-15-26)27-16-7-2-8-17-27/h1-25H. The Kier molecular flexibility index (Phi) is 6.54. The summed E-state index contributed by atoms with van der Waals surface area (Å²) < 4.78 is 1.10. The van der Waals surface area contributed by atoms with Gasteiger partial charge in [-0.25, -0.2) is 0 Å². The van der Waals surface area contributed by atoms with Crippen LogP contribution in [0.2, 0.25) is 0 Å². The molecular weight excluding hydrogens is 512 g/mol. The molecule has 0 atom stereocenters. The molecule has 0 bridgehead atoms. The van der Waals surface area contributed by atoms with E-state index < -0.39 is 0 Å². The van der Waals surface area contributed by atoms with Crippen LogP contribution in [0.25, 0.3) is 22.3 Å². The maximum absolute atomic E-state index is 3.88. The van der Waals surface area contributed by atoms with Gasteiger partial charge in [0.15, 0.2) is 0 Å². The van der Waals surface area contributed by atoms with Gasteiger partial charge < -0.3 is 0 Å². The fraction of sp³-hybridized carbons (Fsp3) is 0. The highest BCUT2D eigenvalue weighted by Gasteiger charge is 2.16. The zero-order valence-corrected chi connectivity index (χ0v) is 21.9. The van der Waals surface area contributed by atoms with Crippen molar-refractivity contribution in [1.29, 1.82) is 0 Å². The lowest BCUT2D eigenvalue weighted by molar-refractivity contribution is 1.49. The molecule has 0 radical (unpaired) electrons. The molecule has 0 nitrogen and oxygen atoms in total. The van der Waals surface area contributed by atoms with Crippen molar-refractivity contribution in [1.82, 2.24) is 0 Å². The minimum absolute atomic E-state index is 1.10. The monoisotopic (exact) mass is 536 g/mol. The third-order valence-corrected chi connectivity index (χ3v) is 7.41. The van der Waals surface area contributed by atoms with Crippen LogP contribution >= 0.6 is 15.9 Å². The first kappa shape index (κ1) is 23.2. The molecule has 0 saturated carbocycles. The van der Waals surface area contributed by atoms with E-state index in [1.807, 2.05) is 0 Å². The molecule has 0 unspecified atom stereocenters. The second-order valence-electron chi connectivity index (χ2n) is 9.07. The van der Waals surface area contributed by atoms with Crippen LogP contribution in [0.4, 0.5) is 0 Å². The van der Waals surface area contributed by atoms with Crippen LogP contribution in [0.3, 0.4) is 0 Å². The van der Waals surface area contributed by atoms with Gasteiger partial charge in [0.05, 0.1) is 0 Å². The Morgan fingerprint density at radius 2 is 0.811 bits per heavy atom. The van der Waals surface area contributed by atoms with Crippen LogP contribution in [0.15, 0.2) is 156 Å². The molecule has 1 heteroatoms. The minimum atomic E-state index is 1.10. The average Bonchev–Trinajstić information content (AvgIpc) is 3.11. The fourth-order valence-corrected chi connectivity index (χ4v) is 5.67. The van der Waals surface area contributed by atoms with Crippen molar-refractivity contribution in [2.45, 2.75) is 0 Å². The molecule has 0 N–H and O–H groups in total. The maximum atomic E-state index is 3.88. The highest BCUT2D eigenvalue weighted by Crippen LogP contribution is 2.31. The van der Waals surface area contributed by atoms with Crippen LogP contribution in [-0.2, 0) is 0 Å². The van der Waals surface area contributed by atoms with Crippen molar-refractivity contribution >= 4 is 27.1 Å². The summed E-state index contributed by atoms with van der Waals surface area (Å²) in [5.74, 6) is 0. The topological polar surface area (TPSA) is 0 Å². The van der Waals surface area contributed by atoms with Gasteiger partial charge in [-0.2, -0.15) is 0 Å². The lowest BCUT2D eigenvalue weighted by atomic mass is 9.93. The number of halogens is 1. The molecular formula is C36H25Br. The third-order valence-electron chi connectivity index (χ3n) is 6.76. The van der Waals surface area contributed by atoms with Crippen molar-refractivity contribution in [2.75, 3.05) is 0 Å². The number of hydrogen-bond donors (Lipinski definition) is 0. The summed E-state index contributed by atoms with van der Waals surface area (Å²) in [6.45, 7) is 0. The Hall–Kier alpha value is -4.20. The molecule has 0 heterocycles. The quantitative estimate of drug-likeness (QED) is 0.214. The molecule has 0 saturated heterocycles. The summed E-state index contributed by atoms with van der Waals surface area (Å²) in [4.78, 5) is 0. The molecule has 2 aliphatic carbocycles. The minimum Gasteiger partial charge on any atom is -0.0622 e. The average molecular weight is 538 g/mol. The molecule has 176 valence electrons. The van der Waals surface area contributed by atoms with Gasteiger partial charge in [0, 0.05) is 4.47 Å². The molecule has 0 fully saturated rings. The Bertz CT molecular complexity index is 1650. The largest absolute Gasteiger partial charge is 0.0622 e. The van der Waals surface area contributed by atoms with Gasteiger partial charge in [0.1, 0.15) is 0 Å². The number of rotatable bonds is 4. The van der Waals surface area contributed by atoms with E-state index in [4.69, 9.17) is 0 Å². The van der Waals surface area contributed by atoms with E-state index in [1.54, 1.807) is 0 Å². The van der Waals surface area contributed by atoms with E-state index in [1.165, 1.54) is 55.0 Å². The van der Waals surface area contributed by atoms with E-state index in [0.29, 0.717) is 0 Å². The number of benzene rings is 4. The molecule has 37 heavy (non-hydrogen) atoms. The van der Waals surface area contributed by atoms with Gasteiger partial charge in [0.25, 0.3) is 0 Å². The van der Waals surface area contributed by atoms with Gasteiger partial charge in [0.2, 0.25) is 0 Å². The Labute approximate surface area is 226 Å². The van der Waals surface area contributed by atoms with Gasteiger partial charge in [-0.05, 0) is 67.1 Å². The predicted molar refractivity (Wildman–Crippen MR) is 159 cm³/mol. The molecule has 0 aliphatic heterocycles. The van der Waals surface area contributed by atoms with Crippen molar-refractivity contribution < 1.29 is 0 Å². The smallest absolute Gasteiger partial charge is 0.0260 e. The number of fused-ring (bicyclic) bond motifs is 1. The third kappa shape index (κ3) is 4.67. The molecule has 0 aromatic heterocycles. The lowest BCUT2D eigenvalue weighted by Crippen LogP contribution is -2.11. The summed E-state index contributed by atoms with van der Waals surface area (Å²) in [6, 6.07) is 54.0. The van der Waals surface area contributed by atoms with Gasteiger partial charge >= 0.3 is 0 Å².